The van der Waals surface area contributed by atoms with Gasteiger partial charge < -0.3 is 5.32 Å². The molecule has 0 radical (unpaired) electrons. The van der Waals surface area contributed by atoms with Crippen molar-refractivity contribution in [2.24, 2.45) is 0 Å². The predicted molar refractivity (Wildman–Crippen MR) is 81.3 cm³/mol. The molecule has 3 aromatic rings. The highest BCUT2D eigenvalue weighted by Gasteiger charge is 2.13. The third-order valence-corrected chi connectivity index (χ3v) is 4.46. The van der Waals surface area contributed by atoms with E-state index in [-0.39, 0.29) is 5.02 Å². The molecule has 0 atom stereocenters. The molecule has 2 aromatic heterocycles. The standard InChI is InChI=1S/C14H13ClFN3S/c1-8-7-20-14-18-9(2)12(19(8)14)6-17-11-5-3-4-10(15)13(11)16/h3-5,7,17H,6H2,1-2H3. The average Bonchev–Trinajstić information content (AvgIpc) is 2.92. The third-order valence-electron chi connectivity index (χ3n) is 3.23. The molecule has 20 heavy (non-hydrogen) atoms. The van der Waals surface area contributed by atoms with E-state index in [1.54, 1.807) is 23.5 Å². The van der Waals surface area contributed by atoms with Crippen LogP contribution in [0.1, 0.15) is 17.1 Å². The first kappa shape index (κ1) is 13.4. The van der Waals surface area contributed by atoms with Gasteiger partial charge >= 0.3 is 0 Å². The van der Waals surface area contributed by atoms with Crippen LogP contribution in [0.25, 0.3) is 4.96 Å². The number of thiazole rings is 1. The van der Waals surface area contributed by atoms with E-state index in [1.807, 2.05) is 13.8 Å². The smallest absolute Gasteiger partial charge is 0.194 e. The molecule has 104 valence electrons. The van der Waals surface area contributed by atoms with Gasteiger partial charge in [0.25, 0.3) is 0 Å². The maximum atomic E-state index is 13.8. The van der Waals surface area contributed by atoms with Gasteiger partial charge in [-0.05, 0) is 26.0 Å². The molecule has 0 saturated heterocycles. The van der Waals surface area contributed by atoms with Crippen LogP contribution < -0.4 is 5.32 Å². The molecule has 3 rings (SSSR count). The van der Waals surface area contributed by atoms with Crippen molar-refractivity contribution in [1.82, 2.24) is 9.38 Å². The fourth-order valence-corrected chi connectivity index (χ4v) is 3.30. The molecule has 3 nitrogen and oxygen atoms in total. The lowest BCUT2D eigenvalue weighted by Gasteiger charge is -2.09. The summed E-state index contributed by atoms with van der Waals surface area (Å²) in [7, 11) is 0. The minimum absolute atomic E-state index is 0.122. The number of benzene rings is 1. The van der Waals surface area contributed by atoms with Gasteiger partial charge in [-0.15, -0.1) is 11.3 Å². The van der Waals surface area contributed by atoms with Crippen LogP contribution in [0.4, 0.5) is 10.1 Å². The highest BCUT2D eigenvalue weighted by molar-refractivity contribution is 7.15. The van der Waals surface area contributed by atoms with E-state index in [0.717, 1.165) is 22.0 Å². The SMILES string of the molecule is Cc1nc2scc(C)n2c1CNc1cccc(Cl)c1F. The number of nitrogens with zero attached hydrogens (tertiary/aromatic N) is 2. The van der Waals surface area contributed by atoms with Crippen molar-refractivity contribution >= 4 is 33.6 Å². The lowest BCUT2D eigenvalue weighted by atomic mass is 10.2. The maximum Gasteiger partial charge on any atom is 0.194 e. The molecule has 1 N–H and O–H groups in total. The minimum Gasteiger partial charge on any atom is -0.377 e. The van der Waals surface area contributed by atoms with Crippen LogP contribution in [-0.4, -0.2) is 9.38 Å². The maximum absolute atomic E-state index is 13.8. The number of fused-ring (bicyclic) bond motifs is 1. The topological polar surface area (TPSA) is 29.3 Å². The monoisotopic (exact) mass is 309 g/mol. The highest BCUT2D eigenvalue weighted by Crippen LogP contribution is 2.24. The Balaban J connectivity index is 1.92. The Morgan fingerprint density at radius 3 is 3.00 bits per heavy atom. The van der Waals surface area contributed by atoms with Crippen molar-refractivity contribution in [3.05, 3.63) is 51.5 Å². The van der Waals surface area contributed by atoms with E-state index < -0.39 is 5.82 Å². The van der Waals surface area contributed by atoms with Crippen molar-refractivity contribution in [3.63, 3.8) is 0 Å². The zero-order valence-electron chi connectivity index (χ0n) is 11.1. The minimum atomic E-state index is -0.422. The van der Waals surface area contributed by atoms with Crippen molar-refractivity contribution in [2.75, 3.05) is 5.32 Å². The van der Waals surface area contributed by atoms with Crippen LogP contribution in [-0.2, 0) is 6.54 Å². The van der Waals surface area contributed by atoms with Gasteiger partial charge in [0, 0.05) is 11.1 Å². The van der Waals surface area contributed by atoms with E-state index in [1.165, 1.54) is 6.07 Å². The predicted octanol–water partition coefficient (Wildman–Crippen LogP) is 4.42. The Hall–Kier alpha value is -1.59. The second kappa shape index (κ2) is 5.07. The molecule has 0 aliphatic carbocycles. The second-order valence-corrected chi connectivity index (χ2v) is 5.84. The summed E-state index contributed by atoms with van der Waals surface area (Å²) in [5, 5.41) is 5.27. The molecular weight excluding hydrogens is 297 g/mol. The molecule has 0 spiro atoms. The summed E-state index contributed by atoms with van der Waals surface area (Å²) >= 11 is 7.38. The van der Waals surface area contributed by atoms with E-state index in [0.29, 0.717) is 12.2 Å². The van der Waals surface area contributed by atoms with Crippen molar-refractivity contribution in [2.45, 2.75) is 20.4 Å². The number of hydrogen-bond donors (Lipinski definition) is 1. The first-order valence-electron chi connectivity index (χ1n) is 6.18. The summed E-state index contributed by atoms with van der Waals surface area (Å²) in [6.45, 7) is 4.50. The second-order valence-electron chi connectivity index (χ2n) is 4.59. The molecule has 0 fully saturated rings. The van der Waals surface area contributed by atoms with Gasteiger partial charge in [0.1, 0.15) is 0 Å². The number of aromatic nitrogens is 2. The molecule has 0 aliphatic heterocycles. The third kappa shape index (κ3) is 2.17. The number of nitrogens with one attached hydrogen (secondary N) is 1. The molecular formula is C14H13ClFN3S. The lowest BCUT2D eigenvalue weighted by Crippen LogP contribution is -2.06. The van der Waals surface area contributed by atoms with Gasteiger partial charge in [-0.25, -0.2) is 9.37 Å². The molecule has 0 unspecified atom stereocenters. The normalized spacial score (nSPS) is 11.2. The Kier molecular flexibility index (Phi) is 3.40. The van der Waals surface area contributed by atoms with Crippen LogP contribution in [0.3, 0.4) is 0 Å². The Bertz CT molecular complexity index is 778. The quantitative estimate of drug-likeness (QED) is 0.776. The van der Waals surface area contributed by atoms with Crippen molar-refractivity contribution < 1.29 is 4.39 Å². The summed E-state index contributed by atoms with van der Waals surface area (Å²) in [5.74, 6) is -0.422. The summed E-state index contributed by atoms with van der Waals surface area (Å²) in [5.41, 5.74) is 3.53. The highest BCUT2D eigenvalue weighted by atomic mass is 35.5. The van der Waals surface area contributed by atoms with Crippen LogP contribution in [0.2, 0.25) is 5.02 Å². The Labute approximate surface area is 125 Å². The molecule has 0 aliphatic rings. The van der Waals surface area contributed by atoms with Gasteiger partial charge in [0.2, 0.25) is 0 Å². The summed E-state index contributed by atoms with van der Waals surface area (Å²) in [4.78, 5) is 5.47. The number of anilines is 1. The van der Waals surface area contributed by atoms with E-state index in [4.69, 9.17) is 11.6 Å². The van der Waals surface area contributed by atoms with Gasteiger partial charge in [0.15, 0.2) is 10.8 Å². The first-order chi connectivity index (χ1) is 9.58. The lowest BCUT2D eigenvalue weighted by molar-refractivity contribution is 0.630. The zero-order chi connectivity index (χ0) is 14.3. The molecule has 1 aromatic carbocycles. The largest absolute Gasteiger partial charge is 0.377 e. The van der Waals surface area contributed by atoms with Crippen molar-refractivity contribution in [1.29, 1.82) is 0 Å². The summed E-state index contributed by atoms with van der Waals surface area (Å²) in [6, 6.07) is 4.94. The van der Waals surface area contributed by atoms with Crippen LogP contribution in [0, 0.1) is 19.7 Å². The first-order valence-corrected chi connectivity index (χ1v) is 7.43. The fourth-order valence-electron chi connectivity index (χ4n) is 2.19. The van der Waals surface area contributed by atoms with Gasteiger partial charge in [0.05, 0.1) is 28.6 Å². The zero-order valence-corrected chi connectivity index (χ0v) is 12.6. The molecule has 6 heteroatoms. The fraction of sp³-hybridized carbons (Fsp3) is 0.214. The Morgan fingerprint density at radius 1 is 1.40 bits per heavy atom. The van der Waals surface area contributed by atoms with E-state index in [9.17, 15) is 4.39 Å². The van der Waals surface area contributed by atoms with Gasteiger partial charge in [-0.2, -0.15) is 0 Å². The molecule has 0 saturated carbocycles. The van der Waals surface area contributed by atoms with Crippen molar-refractivity contribution in [3.8, 4) is 0 Å². The summed E-state index contributed by atoms with van der Waals surface area (Å²) in [6.07, 6.45) is 0. The van der Waals surface area contributed by atoms with E-state index in [2.05, 4.69) is 20.1 Å². The number of aryl methyl sites for hydroxylation is 2. The average molecular weight is 310 g/mol. The number of hydrogen-bond acceptors (Lipinski definition) is 3. The van der Waals surface area contributed by atoms with Crippen LogP contribution in [0.5, 0.6) is 0 Å². The number of imidazole rings is 1. The molecule has 0 bridgehead atoms. The number of halogens is 2. The van der Waals surface area contributed by atoms with E-state index >= 15 is 0 Å². The number of rotatable bonds is 3. The van der Waals surface area contributed by atoms with Gasteiger partial charge in [-0.3, -0.25) is 4.40 Å². The summed E-state index contributed by atoms with van der Waals surface area (Å²) < 4.78 is 15.9. The molecule has 0 amide bonds. The Morgan fingerprint density at radius 2 is 2.20 bits per heavy atom. The van der Waals surface area contributed by atoms with Crippen LogP contribution >= 0.6 is 22.9 Å². The van der Waals surface area contributed by atoms with Gasteiger partial charge in [-0.1, -0.05) is 17.7 Å². The van der Waals surface area contributed by atoms with Crippen LogP contribution in [0.15, 0.2) is 23.6 Å². The molecule has 2 heterocycles.